The van der Waals surface area contributed by atoms with E-state index in [4.69, 9.17) is 5.73 Å². The van der Waals surface area contributed by atoms with Crippen molar-refractivity contribution in [3.05, 3.63) is 0 Å². The summed E-state index contributed by atoms with van der Waals surface area (Å²) in [5.74, 6) is 0.0308. The molecule has 0 radical (unpaired) electrons. The Morgan fingerprint density at radius 3 is 2.40 bits per heavy atom. The van der Waals surface area contributed by atoms with Crippen molar-refractivity contribution >= 4 is 10.0 Å². The molecule has 15 heavy (non-hydrogen) atoms. The summed E-state index contributed by atoms with van der Waals surface area (Å²) in [5, 5.41) is 0. The van der Waals surface area contributed by atoms with Crippen LogP contribution in [-0.2, 0) is 10.0 Å². The first-order valence-corrected chi connectivity index (χ1v) is 7.30. The predicted molar refractivity (Wildman–Crippen MR) is 62.0 cm³/mol. The predicted octanol–water partition coefficient (Wildman–Crippen LogP) is 0.835. The van der Waals surface area contributed by atoms with Crippen molar-refractivity contribution in [3.63, 3.8) is 0 Å². The van der Waals surface area contributed by atoms with Gasteiger partial charge >= 0.3 is 0 Å². The first-order valence-electron chi connectivity index (χ1n) is 5.65. The number of hydrogen-bond donors (Lipinski definition) is 2. The van der Waals surface area contributed by atoms with Gasteiger partial charge in [-0.2, -0.15) is 0 Å². The summed E-state index contributed by atoms with van der Waals surface area (Å²) in [6, 6.07) is 0. The highest BCUT2D eigenvalue weighted by atomic mass is 32.2. The van der Waals surface area contributed by atoms with Gasteiger partial charge in [0, 0.05) is 13.1 Å². The van der Waals surface area contributed by atoms with Crippen LogP contribution < -0.4 is 10.5 Å². The standard InChI is InChI=1S/C10H22N2O2S/c1-10(5-3-2-4-6-10)9-12-15(13,14)8-7-11/h12H,2-9,11H2,1H3. The molecule has 1 rings (SSSR count). The van der Waals surface area contributed by atoms with E-state index in [0.717, 1.165) is 12.8 Å². The van der Waals surface area contributed by atoms with E-state index in [2.05, 4.69) is 11.6 Å². The number of rotatable bonds is 5. The quantitative estimate of drug-likeness (QED) is 0.740. The normalized spacial score (nSPS) is 21.5. The van der Waals surface area contributed by atoms with Crippen LogP contribution in [-0.4, -0.2) is 27.3 Å². The number of sulfonamides is 1. The molecule has 5 heteroatoms. The van der Waals surface area contributed by atoms with Crippen LogP contribution in [0.15, 0.2) is 0 Å². The van der Waals surface area contributed by atoms with E-state index in [1.165, 1.54) is 19.3 Å². The van der Waals surface area contributed by atoms with E-state index in [-0.39, 0.29) is 17.7 Å². The second-order valence-electron chi connectivity index (χ2n) is 4.80. The summed E-state index contributed by atoms with van der Waals surface area (Å²) < 4.78 is 25.5. The Hall–Kier alpha value is -0.130. The molecule has 0 heterocycles. The molecule has 90 valence electrons. The molecule has 4 nitrogen and oxygen atoms in total. The fourth-order valence-electron chi connectivity index (χ4n) is 2.09. The maximum Gasteiger partial charge on any atom is 0.212 e. The van der Waals surface area contributed by atoms with Crippen molar-refractivity contribution in [2.45, 2.75) is 39.0 Å². The topological polar surface area (TPSA) is 72.2 Å². The summed E-state index contributed by atoms with van der Waals surface area (Å²) in [6.45, 7) is 2.92. The van der Waals surface area contributed by atoms with Crippen LogP contribution in [0.1, 0.15) is 39.0 Å². The lowest BCUT2D eigenvalue weighted by Crippen LogP contribution is -2.39. The van der Waals surface area contributed by atoms with E-state index < -0.39 is 10.0 Å². The van der Waals surface area contributed by atoms with E-state index in [1.54, 1.807) is 0 Å². The molecule has 0 unspecified atom stereocenters. The van der Waals surface area contributed by atoms with Crippen LogP contribution in [0.25, 0.3) is 0 Å². The van der Waals surface area contributed by atoms with Crippen LogP contribution in [0, 0.1) is 5.41 Å². The van der Waals surface area contributed by atoms with E-state index in [9.17, 15) is 8.42 Å². The van der Waals surface area contributed by atoms with Gasteiger partial charge in [0.15, 0.2) is 0 Å². The largest absolute Gasteiger partial charge is 0.329 e. The van der Waals surface area contributed by atoms with Gasteiger partial charge in [-0.15, -0.1) is 0 Å². The molecule has 0 saturated heterocycles. The molecule has 0 aromatic heterocycles. The monoisotopic (exact) mass is 234 g/mol. The summed E-state index contributed by atoms with van der Waals surface area (Å²) >= 11 is 0. The van der Waals surface area contributed by atoms with Crippen LogP contribution in [0.3, 0.4) is 0 Å². The van der Waals surface area contributed by atoms with Crippen molar-refractivity contribution < 1.29 is 8.42 Å². The van der Waals surface area contributed by atoms with Gasteiger partial charge < -0.3 is 5.73 Å². The van der Waals surface area contributed by atoms with Gasteiger partial charge in [-0.1, -0.05) is 26.2 Å². The molecule has 0 aliphatic heterocycles. The molecule has 0 aromatic carbocycles. The number of nitrogens with one attached hydrogen (secondary N) is 1. The fraction of sp³-hybridized carbons (Fsp3) is 1.00. The Bertz CT molecular complexity index is 282. The molecule has 1 saturated carbocycles. The Morgan fingerprint density at radius 1 is 1.27 bits per heavy atom. The lowest BCUT2D eigenvalue weighted by molar-refractivity contribution is 0.219. The zero-order valence-corrected chi connectivity index (χ0v) is 10.3. The molecule has 1 aliphatic carbocycles. The van der Waals surface area contributed by atoms with Gasteiger partial charge in [0.25, 0.3) is 0 Å². The number of nitrogens with two attached hydrogens (primary N) is 1. The van der Waals surface area contributed by atoms with Crippen LogP contribution in [0.2, 0.25) is 0 Å². The Balaban J connectivity index is 2.41. The fourth-order valence-corrected chi connectivity index (χ4v) is 3.12. The van der Waals surface area contributed by atoms with Gasteiger partial charge in [0.05, 0.1) is 5.75 Å². The summed E-state index contributed by atoms with van der Waals surface area (Å²) in [6.07, 6.45) is 5.96. The third kappa shape index (κ3) is 4.49. The first-order chi connectivity index (χ1) is 6.97. The molecular weight excluding hydrogens is 212 g/mol. The third-order valence-corrected chi connectivity index (χ3v) is 4.52. The average molecular weight is 234 g/mol. The molecule has 0 bridgehead atoms. The van der Waals surface area contributed by atoms with Crippen LogP contribution in [0.5, 0.6) is 0 Å². The van der Waals surface area contributed by atoms with Crippen LogP contribution in [0.4, 0.5) is 0 Å². The summed E-state index contributed by atoms with van der Waals surface area (Å²) in [5.41, 5.74) is 5.39. The van der Waals surface area contributed by atoms with Gasteiger partial charge in [-0.3, -0.25) is 0 Å². The minimum atomic E-state index is -3.14. The lowest BCUT2D eigenvalue weighted by atomic mass is 9.76. The minimum absolute atomic E-state index is 0.0308. The second kappa shape index (κ2) is 5.27. The second-order valence-corrected chi connectivity index (χ2v) is 6.73. The highest BCUT2D eigenvalue weighted by Gasteiger charge is 2.27. The minimum Gasteiger partial charge on any atom is -0.329 e. The van der Waals surface area contributed by atoms with Crippen molar-refractivity contribution in [1.29, 1.82) is 0 Å². The zero-order chi connectivity index (χ0) is 11.4. The zero-order valence-electron chi connectivity index (χ0n) is 9.46. The summed E-state index contributed by atoms with van der Waals surface area (Å²) in [7, 11) is -3.14. The maximum atomic E-state index is 11.4. The molecule has 0 aromatic rings. The molecule has 1 fully saturated rings. The van der Waals surface area contributed by atoms with Crippen molar-refractivity contribution in [2.75, 3.05) is 18.8 Å². The van der Waals surface area contributed by atoms with E-state index in [0.29, 0.717) is 6.54 Å². The summed E-state index contributed by atoms with van der Waals surface area (Å²) in [4.78, 5) is 0. The SMILES string of the molecule is CC1(CNS(=O)(=O)CCN)CCCCC1. The average Bonchev–Trinajstić information content (AvgIpc) is 2.17. The molecule has 1 aliphatic rings. The van der Waals surface area contributed by atoms with E-state index in [1.807, 2.05) is 0 Å². The molecule has 0 amide bonds. The first kappa shape index (κ1) is 12.9. The van der Waals surface area contributed by atoms with Gasteiger partial charge in [-0.25, -0.2) is 13.1 Å². The Kier molecular flexibility index (Phi) is 4.55. The highest BCUT2D eigenvalue weighted by Crippen LogP contribution is 2.34. The van der Waals surface area contributed by atoms with Crippen LogP contribution >= 0.6 is 0 Å². The number of hydrogen-bond acceptors (Lipinski definition) is 3. The molecule has 0 atom stereocenters. The molecule has 3 N–H and O–H groups in total. The Labute approximate surface area is 92.7 Å². The van der Waals surface area contributed by atoms with Crippen molar-refractivity contribution in [1.82, 2.24) is 4.72 Å². The van der Waals surface area contributed by atoms with Gasteiger partial charge in [-0.05, 0) is 18.3 Å². The smallest absolute Gasteiger partial charge is 0.212 e. The lowest BCUT2D eigenvalue weighted by Gasteiger charge is -2.33. The highest BCUT2D eigenvalue weighted by molar-refractivity contribution is 7.89. The molecular formula is C10H22N2O2S. The van der Waals surface area contributed by atoms with Gasteiger partial charge in [0.1, 0.15) is 0 Å². The van der Waals surface area contributed by atoms with Gasteiger partial charge in [0.2, 0.25) is 10.0 Å². The third-order valence-electron chi connectivity index (χ3n) is 3.17. The maximum absolute atomic E-state index is 11.4. The van der Waals surface area contributed by atoms with E-state index >= 15 is 0 Å². The molecule has 0 spiro atoms. The van der Waals surface area contributed by atoms with Crippen molar-refractivity contribution in [2.24, 2.45) is 11.1 Å². The van der Waals surface area contributed by atoms with Crippen molar-refractivity contribution in [3.8, 4) is 0 Å². The Morgan fingerprint density at radius 2 is 1.87 bits per heavy atom.